The highest BCUT2D eigenvalue weighted by Gasteiger charge is 2.15. The molecule has 0 atom stereocenters. The van der Waals surface area contributed by atoms with E-state index >= 15 is 0 Å². The molecule has 0 aliphatic heterocycles. The molecule has 0 bridgehead atoms. The van der Waals surface area contributed by atoms with Crippen molar-refractivity contribution >= 4 is 17.5 Å². The third-order valence-corrected chi connectivity index (χ3v) is 4.06. The monoisotopic (exact) mass is 355 g/mol. The van der Waals surface area contributed by atoms with Crippen molar-refractivity contribution in [2.75, 3.05) is 7.05 Å². The number of rotatable bonds is 5. The van der Waals surface area contributed by atoms with E-state index in [0.29, 0.717) is 23.2 Å². The number of halogens is 1. The second kappa shape index (κ2) is 7.49. The number of carbonyl (C=O) groups excluding carboxylic acids is 1. The fraction of sp³-hybridized carbons (Fsp3) is 0.211. The zero-order chi connectivity index (χ0) is 17.8. The molecular weight excluding hydrogens is 338 g/mol. The smallest absolute Gasteiger partial charge is 0.246 e. The molecule has 0 fully saturated rings. The van der Waals surface area contributed by atoms with Gasteiger partial charge in [-0.2, -0.15) is 4.98 Å². The zero-order valence-electron chi connectivity index (χ0n) is 14.1. The van der Waals surface area contributed by atoms with Gasteiger partial charge >= 0.3 is 0 Å². The van der Waals surface area contributed by atoms with Crippen LogP contribution in [-0.4, -0.2) is 28.0 Å². The maximum absolute atomic E-state index is 12.3. The molecule has 3 aromatic rings. The first-order chi connectivity index (χ1) is 12.0. The Bertz CT molecular complexity index is 874. The number of aryl methyl sites for hydroxylation is 1. The summed E-state index contributed by atoms with van der Waals surface area (Å²) in [6, 6.07) is 15.1. The fourth-order valence-electron chi connectivity index (χ4n) is 2.42. The van der Waals surface area contributed by atoms with Gasteiger partial charge in [0.05, 0.1) is 13.0 Å². The lowest BCUT2D eigenvalue weighted by atomic mass is 10.1. The van der Waals surface area contributed by atoms with E-state index in [-0.39, 0.29) is 12.5 Å². The van der Waals surface area contributed by atoms with Gasteiger partial charge in [0.25, 0.3) is 0 Å². The van der Waals surface area contributed by atoms with Crippen LogP contribution in [-0.2, 0) is 17.8 Å². The van der Waals surface area contributed by atoms with Crippen molar-refractivity contribution in [1.82, 2.24) is 15.0 Å². The third kappa shape index (κ3) is 4.45. The van der Waals surface area contributed by atoms with Crippen molar-refractivity contribution in [3.05, 3.63) is 70.6 Å². The highest BCUT2D eigenvalue weighted by Crippen LogP contribution is 2.17. The van der Waals surface area contributed by atoms with Gasteiger partial charge in [0, 0.05) is 17.6 Å². The van der Waals surface area contributed by atoms with Crippen LogP contribution >= 0.6 is 11.6 Å². The van der Waals surface area contributed by atoms with E-state index in [2.05, 4.69) is 10.1 Å². The van der Waals surface area contributed by atoms with Crippen LogP contribution in [0.1, 0.15) is 17.0 Å². The molecule has 0 saturated carbocycles. The summed E-state index contributed by atoms with van der Waals surface area (Å²) in [6.07, 6.45) is 0.298. The number of benzene rings is 2. The lowest BCUT2D eigenvalue weighted by Gasteiger charge is -2.14. The molecule has 0 aliphatic carbocycles. The van der Waals surface area contributed by atoms with Gasteiger partial charge in [-0.15, -0.1) is 0 Å². The highest BCUT2D eigenvalue weighted by atomic mass is 35.5. The molecule has 0 N–H and O–H groups in total. The van der Waals surface area contributed by atoms with Crippen LogP contribution in [0, 0.1) is 6.92 Å². The van der Waals surface area contributed by atoms with E-state index in [1.165, 1.54) is 0 Å². The average molecular weight is 356 g/mol. The summed E-state index contributed by atoms with van der Waals surface area (Å²) in [6.45, 7) is 2.28. The molecule has 0 aliphatic rings. The molecule has 1 heterocycles. The molecule has 0 unspecified atom stereocenters. The van der Waals surface area contributed by atoms with E-state index in [4.69, 9.17) is 16.1 Å². The molecule has 1 amide bonds. The molecule has 5 nitrogen and oxygen atoms in total. The first kappa shape index (κ1) is 17.2. The van der Waals surface area contributed by atoms with Gasteiger partial charge in [-0.1, -0.05) is 52.7 Å². The summed E-state index contributed by atoms with van der Waals surface area (Å²) in [4.78, 5) is 18.3. The second-order valence-corrected chi connectivity index (χ2v) is 6.37. The first-order valence-electron chi connectivity index (χ1n) is 7.89. The normalized spacial score (nSPS) is 10.7. The van der Waals surface area contributed by atoms with Crippen LogP contribution in [0.3, 0.4) is 0 Å². The maximum atomic E-state index is 12.3. The van der Waals surface area contributed by atoms with E-state index in [0.717, 1.165) is 16.7 Å². The van der Waals surface area contributed by atoms with E-state index in [1.54, 1.807) is 24.1 Å². The minimum absolute atomic E-state index is 0.0300. The Morgan fingerprint density at radius 2 is 1.96 bits per heavy atom. The van der Waals surface area contributed by atoms with Gasteiger partial charge < -0.3 is 9.42 Å². The molecule has 3 rings (SSSR count). The van der Waals surface area contributed by atoms with Crippen LogP contribution < -0.4 is 0 Å². The number of nitrogens with zero attached hydrogens (tertiary/aromatic N) is 3. The van der Waals surface area contributed by atoms with Crippen molar-refractivity contribution < 1.29 is 9.32 Å². The van der Waals surface area contributed by atoms with E-state index in [1.807, 2.05) is 43.3 Å². The largest absolute Gasteiger partial charge is 0.337 e. The first-order valence-corrected chi connectivity index (χ1v) is 8.27. The van der Waals surface area contributed by atoms with Crippen molar-refractivity contribution in [3.8, 4) is 11.4 Å². The number of carbonyl (C=O) groups is 1. The molecule has 128 valence electrons. The van der Waals surface area contributed by atoms with Crippen molar-refractivity contribution in [1.29, 1.82) is 0 Å². The van der Waals surface area contributed by atoms with Gasteiger partial charge in [-0.25, -0.2) is 0 Å². The van der Waals surface area contributed by atoms with Crippen LogP contribution in [0.25, 0.3) is 11.4 Å². The summed E-state index contributed by atoms with van der Waals surface area (Å²) in [7, 11) is 1.72. The predicted octanol–water partition coefficient (Wildman–Crippen LogP) is 3.90. The minimum Gasteiger partial charge on any atom is -0.337 e. The van der Waals surface area contributed by atoms with Gasteiger partial charge in [0.15, 0.2) is 0 Å². The molecular formula is C19H18ClN3O2. The van der Waals surface area contributed by atoms with Crippen molar-refractivity contribution in [2.24, 2.45) is 0 Å². The number of likely N-dealkylation sites (N-methyl/N-ethyl adjacent to an activating group) is 1. The molecule has 25 heavy (non-hydrogen) atoms. The van der Waals surface area contributed by atoms with Gasteiger partial charge in [-0.3, -0.25) is 4.79 Å². The summed E-state index contributed by atoms with van der Waals surface area (Å²) >= 11 is 5.86. The Kier molecular flexibility index (Phi) is 5.14. The Morgan fingerprint density at radius 3 is 2.68 bits per heavy atom. The third-order valence-electron chi connectivity index (χ3n) is 3.81. The number of aromatic nitrogens is 2. The number of hydrogen-bond acceptors (Lipinski definition) is 4. The van der Waals surface area contributed by atoms with E-state index < -0.39 is 0 Å². The van der Waals surface area contributed by atoms with Crippen LogP contribution in [0.2, 0.25) is 5.02 Å². The van der Waals surface area contributed by atoms with Gasteiger partial charge in [0.1, 0.15) is 0 Å². The van der Waals surface area contributed by atoms with Crippen LogP contribution in [0.4, 0.5) is 0 Å². The maximum Gasteiger partial charge on any atom is 0.246 e. The Hall–Kier alpha value is -2.66. The average Bonchev–Trinajstić information content (AvgIpc) is 3.05. The summed E-state index contributed by atoms with van der Waals surface area (Å²) in [5, 5.41) is 4.65. The molecule has 0 saturated heterocycles. The molecule has 2 aromatic carbocycles. The van der Waals surface area contributed by atoms with Crippen LogP contribution in [0.5, 0.6) is 0 Å². The molecule has 6 heteroatoms. The van der Waals surface area contributed by atoms with Gasteiger partial charge in [0.2, 0.25) is 17.6 Å². The quantitative estimate of drug-likeness (QED) is 0.696. The lowest BCUT2D eigenvalue weighted by Crippen LogP contribution is -2.27. The Morgan fingerprint density at radius 1 is 1.20 bits per heavy atom. The minimum atomic E-state index is -0.0300. The Balaban J connectivity index is 1.64. The topological polar surface area (TPSA) is 59.2 Å². The summed E-state index contributed by atoms with van der Waals surface area (Å²) in [5.41, 5.74) is 2.93. The standard InChI is InChI=1S/C19H18ClN3O2/c1-13-4-3-5-15(10-13)19-21-17(25-22-19)12-23(2)18(24)11-14-6-8-16(20)9-7-14/h3-10H,11-12H2,1-2H3. The molecule has 1 aromatic heterocycles. The molecule has 0 spiro atoms. The highest BCUT2D eigenvalue weighted by molar-refractivity contribution is 6.30. The van der Waals surface area contributed by atoms with Crippen LogP contribution in [0.15, 0.2) is 53.1 Å². The zero-order valence-corrected chi connectivity index (χ0v) is 14.8. The van der Waals surface area contributed by atoms with Gasteiger partial charge in [-0.05, 0) is 30.7 Å². The van der Waals surface area contributed by atoms with Crippen molar-refractivity contribution in [3.63, 3.8) is 0 Å². The van der Waals surface area contributed by atoms with Crippen molar-refractivity contribution in [2.45, 2.75) is 19.9 Å². The second-order valence-electron chi connectivity index (χ2n) is 5.93. The summed E-state index contributed by atoms with van der Waals surface area (Å²) in [5.74, 6) is 0.901. The molecule has 0 radical (unpaired) electrons. The summed E-state index contributed by atoms with van der Waals surface area (Å²) < 4.78 is 5.27. The van der Waals surface area contributed by atoms with E-state index in [9.17, 15) is 4.79 Å². The predicted molar refractivity (Wildman–Crippen MR) is 96.1 cm³/mol. The number of hydrogen-bond donors (Lipinski definition) is 0. The lowest BCUT2D eigenvalue weighted by molar-refractivity contribution is -0.130. The SMILES string of the molecule is Cc1cccc(-c2noc(CN(C)C(=O)Cc3ccc(Cl)cc3)n2)c1. The fourth-order valence-corrected chi connectivity index (χ4v) is 2.55. The Labute approximate surface area is 151 Å². The number of amides is 1.